The van der Waals surface area contributed by atoms with Crippen molar-refractivity contribution in [3.63, 3.8) is 0 Å². The van der Waals surface area contributed by atoms with Crippen molar-refractivity contribution in [2.24, 2.45) is 0 Å². The summed E-state index contributed by atoms with van der Waals surface area (Å²) in [5.41, 5.74) is 0. The Bertz CT molecular complexity index is 715. The third-order valence-electron chi connectivity index (χ3n) is 2.30. The van der Waals surface area contributed by atoms with Crippen LogP contribution < -0.4 is 10.0 Å². The lowest BCUT2D eigenvalue weighted by molar-refractivity contribution is 0.601. The molecule has 6 nitrogen and oxygen atoms in total. The molecule has 20 heavy (non-hydrogen) atoms. The van der Waals surface area contributed by atoms with E-state index in [-0.39, 0.29) is 4.90 Å². The van der Waals surface area contributed by atoms with Gasteiger partial charge in [0.1, 0.15) is 10.7 Å². The Morgan fingerprint density at radius 3 is 2.70 bits per heavy atom. The average Bonchev–Trinajstić information content (AvgIpc) is 2.76. The molecule has 2 aromatic heterocycles. The Hall–Kier alpha value is -1.19. The quantitative estimate of drug-likeness (QED) is 0.837. The van der Waals surface area contributed by atoms with Crippen molar-refractivity contribution in [1.82, 2.24) is 9.97 Å². The van der Waals surface area contributed by atoms with Crippen LogP contribution in [-0.4, -0.2) is 24.9 Å². The van der Waals surface area contributed by atoms with E-state index in [9.17, 15) is 8.42 Å². The van der Waals surface area contributed by atoms with Gasteiger partial charge in [0.05, 0.1) is 0 Å². The predicted molar refractivity (Wildman–Crippen MR) is 83.8 cm³/mol. The summed E-state index contributed by atoms with van der Waals surface area (Å²) in [6, 6.07) is 1.51. The lowest BCUT2D eigenvalue weighted by atomic mass is 10.4. The molecule has 0 aliphatic carbocycles. The van der Waals surface area contributed by atoms with Crippen LogP contribution in [0.2, 0.25) is 0 Å². The van der Waals surface area contributed by atoms with Gasteiger partial charge in [-0.25, -0.2) is 18.4 Å². The number of nitrogens with zero attached hydrogens (tertiary/aromatic N) is 2. The van der Waals surface area contributed by atoms with Gasteiger partial charge in [0, 0.05) is 28.3 Å². The second-order valence-electron chi connectivity index (χ2n) is 3.91. The highest BCUT2D eigenvalue weighted by atomic mass is 79.9. The van der Waals surface area contributed by atoms with E-state index in [1.165, 1.54) is 17.4 Å². The van der Waals surface area contributed by atoms with Gasteiger partial charge in [0.25, 0.3) is 10.0 Å². The van der Waals surface area contributed by atoms with Crippen LogP contribution in [0.1, 0.15) is 11.8 Å². The number of nitrogens with one attached hydrogen (secondary N) is 2. The second-order valence-corrected chi connectivity index (χ2v) is 7.71. The molecule has 0 bridgehead atoms. The maximum absolute atomic E-state index is 12.4. The van der Waals surface area contributed by atoms with E-state index in [0.717, 1.165) is 4.88 Å². The van der Waals surface area contributed by atoms with Gasteiger partial charge in [0.2, 0.25) is 0 Å². The van der Waals surface area contributed by atoms with Gasteiger partial charge in [-0.05, 0) is 35.8 Å². The minimum atomic E-state index is -3.73. The molecular formula is C11H13BrN4O2S2. The molecule has 0 amide bonds. The number of hydrogen-bond donors (Lipinski definition) is 2. The van der Waals surface area contributed by atoms with E-state index >= 15 is 0 Å². The zero-order chi connectivity index (χ0) is 14.8. The normalized spacial score (nSPS) is 11.3. The first-order valence-electron chi connectivity index (χ1n) is 5.77. The number of pyridine rings is 1. The van der Waals surface area contributed by atoms with E-state index in [1.807, 2.05) is 13.8 Å². The predicted octanol–water partition coefficient (Wildman–Crippen LogP) is 2.84. The van der Waals surface area contributed by atoms with Gasteiger partial charge < -0.3 is 5.32 Å². The first-order chi connectivity index (χ1) is 9.42. The van der Waals surface area contributed by atoms with E-state index in [2.05, 4.69) is 35.9 Å². The molecule has 2 N–H and O–H groups in total. The Balaban J connectivity index is 2.40. The van der Waals surface area contributed by atoms with Gasteiger partial charge in [-0.1, -0.05) is 0 Å². The standard InChI is InChI=1S/C11H13BrN4O2S2/c1-3-13-10-9(4-8(12)6-14-10)20(17,18)16-11-15-5-7(2)19-11/h4-6H,3H2,1-2H3,(H,13,14)(H,15,16). The number of anilines is 2. The highest BCUT2D eigenvalue weighted by Crippen LogP contribution is 2.26. The van der Waals surface area contributed by atoms with Crippen LogP contribution in [0.25, 0.3) is 0 Å². The molecule has 2 aromatic rings. The fourth-order valence-electron chi connectivity index (χ4n) is 1.50. The van der Waals surface area contributed by atoms with Gasteiger partial charge in [-0.2, -0.15) is 0 Å². The molecule has 0 spiro atoms. The molecule has 0 radical (unpaired) electrons. The molecule has 0 aliphatic rings. The third kappa shape index (κ3) is 3.47. The van der Waals surface area contributed by atoms with Crippen molar-refractivity contribution in [3.8, 4) is 0 Å². The maximum Gasteiger partial charge on any atom is 0.267 e. The number of hydrogen-bond acceptors (Lipinski definition) is 6. The van der Waals surface area contributed by atoms with Gasteiger partial charge >= 0.3 is 0 Å². The average molecular weight is 377 g/mol. The molecule has 0 saturated heterocycles. The molecular weight excluding hydrogens is 364 g/mol. The number of sulfonamides is 1. The van der Waals surface area contributed by atoms with Gasteiger partial charge in [-0.3, -0.25) is 4.72 Å². The molecule has 0 aliphatic heterocycles. The van der Waals surface area contributed by atoms with Crippen LogP contribution in [0.3, 0.4) is 0 Å². The fourth-order valence-corrected chi connectivity index (χ4v) is 4.05. The monoisotopic (exact) mass is 376 g/mol. The van der Waals surface area contributed by atoms with Crippen molar-refractivity contribution in [3.05, 3.63) is 27.8 Å². The van der Waals surface area contributed by atoms with Crippen LogP contribution in [0.5, 0.6) is 0 Å². The zero-order valence-electron chi connectivity index (χ0n) is 10.8. The molecule has 2 rings (SSSR count). The zero-order valence-corrected chi connectivity index (χ0v) is 14.1. The summed E-state index contributed by atoms with van der Waals surface area (Å²) in [7, 11) is -3.73. The van der Waals surface area contributed by atoms with Crippen molar-refractivity contribution >= 4 is 48.2 Å². The molecule has 108 valence electrons. The van der Waals surface area contributed by atoms with Crippen molar-refractivity contribution < 1.29 is 8.42 Å². The maximum atomic E-state index is 12.4. The Labute approximate surface area is 129 Å². The van der Waals surface area contributed by atoms with E-state index < -0.39 is 10.0 Å². The smallest absolute Gasteiger partial charge is 0.267 e. The third-order valence-corrected chi connectivity index (χ3v) is 5.04. The number of rotatable bonds is 5. The van der Waals surface area contributed by atoms with Gasteiger partial charge in [-0.15, -0.1) is 11.3 Å². The minimum Gasteiger partial charge on any atom is -0.369 e. The van der Waals surface area contributed by atoms with Crippen molar-refractivity contribution in [1.29, 1.82) is 0 Å². The lowest BCUT2D eigenvalue weighted by Crippen LogP contribution is -2.16. The van der Waals surface area contributed by atoms with Crippen molar-refractivity contribution in [2.45, 2.75) is 18.7 Å². The Morgan fingerprint density at radius 2 is 2.10 bits per heavy atom. The first kappa shape index (κ1) is 15.2. The van der Waals surface area contributed by atoms with Crippen LogP contribution in [0.15, 0.2) is 27.8 Å². The summed E-state index contributed by atoms with van der Waals surface area (Å²) in [6.45, 7) is 4.31. The van der Waals surface area contributed by atoms with Crippen LogP contribution in [-0.2, 0) is 10.0 Å². The van der Waals surface area contributed by atoms with E-state index in [1.54, 1.807) is 12.4 Å². The number of halogens is 1. The molecule has 0 fully saturated rings. The Kier molecular flexibility index (Phi) is 4.61. The fraction of sp³-hybridized carbons (Fsp3) is 0.273. The molecule has 0 atom stereocenters. The molecule has 9 heteroatoms. The molecule has 0 saturated carbocycles. The van der Waals surface area contributed by atoms with Crippen LogP contribution in [0.4, 0.5) is 10.9 Å². The number of aryl methyl sites for hydroxylation is 1. The van der Waals surface area contributed by atoms with E-state index in [0.29, 0.717) is 22.0 Å². The SMILES string of the molecule is CCNc1ncc(Br)cc1S(=O)(=O)Nc1ncc(C)s1. The summed E-state index contributed by atoms with van der Waals surface area (Å²) in [5, 5.41) is 3.27. The Morgan fingerprint density at radius 1 is 1.35 bits per heavy atom. The summed E-state index contributed by atoms with van der Waals surface area (Å²) < 4.78 is 27.9. The summed E-state index contributed by atoms with van der Waals surface area (Å²) >= 11 is 4.51. The van der Waals surface area contributed by atoms with Crippen molar-refractivity contribution in [2.75, 3.05) is 16.6 Å². The van der Waals surface area contributed by atoms with E-state index in [4.69, 9.17) is 0 Å². The topological polar surface area (TPSA) is 84.0 Å². The summed E-state index contributed by atoms with van der Waals surface area (Å²) in [6.07, 6.45) is 3.16. The second kappa shape index (κ2) is 6.06. The van der Waals surface area contributed by atoms with Crippen LogP contribution in [0, 0.1) is 6.92 Å². The number of aromatic nitrogens is 2. The van der Waals surface area contributed by atoms with Crippen LogP contribution >= 0.6 is 27.3 Å². The molecule has 0 aromatic carbocycles. The molecule has 0 unspecified atom stereocenters. The van der Waals surface area contributed by atoms with Gasteiger partial charge in [0.15, 0.2) is 5.13 Å². The highest BCUT2D eigenvalue weighted by molar-refractivity contribution is 9.10. The minimum absolute atomic E-state index is 0.0848. The summed E-state index contributed by atoms with van der Waals surface area (Å²) in [5.74, 6) is 0.316. The molecule has 2 heterocycles. The largest absolute Gasteiger partial charge is 0.369 e. The first-order valence-corrected chi connectivity index (χ1v) is 8.86. The number of thiazole rings is 1. The summed E-state index contributed by atoms with van der Waals surface area (Å²) in [4.78, 5) is 9.10. The lowest BCUT2D eigenvalue weighted by Gasteiger charge is -2.11. The highest BCUT2D eigenvalue weighted by Gasteiger charge is 2.21.